The largest absolute Gasteiger partial charge is 0.468 e. The molecule has 1 aromatic carbocycles. The molecule has 19 heavy (non-hydrogen) atoms. The van der Waals surface area contributed by atoms with Crippen molar-refractivity contribution in [3.63, 3.8) is 0 Å². The van der Waals surface area contributed by atoms with Gasteiger partial charge in [0.1, 0.15) is 5.54 Å². The third-order valence-electron chi connectivity index (χ3n) is 3.65. The number of anilines is 1. The number of halogens is 1. The Morgan fingerprint density at radius 3 is 2.26 bits per heavy atom. The molecule has 1 aliphatic heterocycles. The van der Waals surface area contributed by atoms with Crippen LogP contribution in [0.2, 0.25) is 0 Å². The first-order valence-corrected chi connectivity index (χ1v) is 6.24. The lowest BCUT2D eigenvalue weighted by atomic mass is 9.88. The van der Waals surface area contributed by atoms with E-state index < -0.39 is 5.54 Å². The minimum Gasteiger partial charge on any atom is -0.468 e. The third-order valence-corrected chi connectivity index (χ3v) is 3.65. The van der Waals surface area contributed by atoms with E-state index in [-0.39, 0.29) is 18.4 Å². The second kappa shape index (κ2) is 6.26. The van der Waals surface area contributed by atoms with Crippen LogP contribution in [0.15, 0.2) is 24.3 Å². The van der Waals surface area contributed by atoms with Crippen molar-refractivity contribution in [1.82, 2.24) is 0 Å². The van der Waals surface area contributed by atoms with E-state index in [2.05, 4.69) is 36.1 Å². The predicted octanol–water partition coefficient (Wildman–Crippen LogP) is 1.89. The van der Waals surface area contributed by atoms with E-state index >= 15 is 0 Å². The summed E-state index contributed by atoms with van der Waals surface area (Å²) < 4.78 is 4.77. The molecule has 0 saturated carbocycles. The number of carbonyl (C=O) groups excluding carboxylic acids is 1. The Morgan fingerprint density at radius 1 is 1.26 bits per heavy atom. The summed E-state index contributed by atoms with van der Waals surface area (Å²) in [5.74, 6) is -0.300. The Hall–Kier alpha value is -1.26. The van der Waals surface area contributed by atoms with E-state index in [0.717, 1.165) is 13.1 Å². The first-order valence-electron chi connectivity index (χ1n) is 6.24. The SMILES string of the molecule is COC(=O)C1(N)CCN(c2ccc(C)cc2)CC1.Cl. The van der Waals surface area contributed by atoms with E-state index in [1.807, 2.05) is 0 Å². The minimum absolute atomic E-state index is 0. The van der Waals surface area contributed by atoms with Crippen LogP contribution in [0.1, 0.15) is 18.4 Å². The van der Waals surface area contributed by atoms with Crippen molar-refractivity contribution in [1.29, 1.82) is 0 Å². The Kier molecular flexibility index (Phi) is 5.20. The number of hydrogen-bond acceptors (Lipinski definition) is 4. The monoisotopic (exact) mass is 284 g/mol. The molecule has 1 heterocycles. The fraction of sp³-hybridized carbons (Fsp3) is 0.500. The van der Waals surface area contributed by atoms with Crippen molar-refractivity contribution in [2.45, 2.75) is 25.3 Å². The van der Waals surface area contributed by atoms with Crippen LogP contribution in [0.4, 0.5) is 5.69 Å². The summed E-state index contributed by atoms with van der Waals surface area (Å²) >= 11 is 0. The lowest BCUT2D eigenvalue weighted by Crippen LogP contribution is -2.56. The van der Waals surface area contributed by atoms with Gasteiger partial charge in [-0.3, -0.25) is 4.79 Å². The molecule has 5 heteroatoms. The molecule has 1 aromatic rings. The number of ether oxygens (including phenoxy) is 1. The highest BCUT2D eigenvalue weighted by molar-refractivity contribution is 5.85. The second-order valence-electron chi connectivity index (χ2n) is 4.97. The molecule has 0 aliphatic carbocycles. The number of benzene rings is 1. The number of nitrogens with two attached hydrogens (primary N) is 1. The first-order chi connectivity index (χ1) is 8.55. The summed E-state index contributed by atoms with van der Waals surface area (Å²) in [6, 6.07) is 8.41. The molecule has 106 valence electrons. The van der Waals surface area contributed by atoms with Gasteiger partial charge in [-0.05, 0) is 31.9 Å². The van der Waals surface area contributed by atoms with Gasteiger partial charge < -0.3 is 15.4 Å². The smallest absolute Gasteiger partial charge is 0.325 e. The average molecular weight is 285 g/mol. The lowest BCUT2D eigenvalue weighted by Gasteiger charge is -2.38. The molecule has 0 atom stereocenters. The standard InChI is InChI=1S/C14H20N2O2.ClH/c1-11-3-5-12(6-4-11)16-9-7-14(15,8-10-16)13(17)18-2;/h3-6H,7-10,15H2,1-2H3;1H. The summed E-state index contributed by atoms with van der Waals surface area (Å²) in [6.45, 7) is 3.64. The molecule has 2 N–H and O–H groups in total. The molecule has 0 bridgehead atoms. The molecule has 1 fully saturated rings. The van der Waals surface area contributed by atoms with E-state index in [4.69, 9.17) is 10.5 Å². The summed E-state index contributed by atoms with van der Waals surface area (Å²) in [6.07, 6.45) is 1.26. The van der Waals surface area contributed by atoms with E-state index in [1.165, 1.54) is 18.4 Å². The molecule has 0 radical (unpaired) electrons. The molecule has 2 rings (SSSR count). The van der Waals surface area contributed by atoms with Gasteiger partial charge in [0, 0.05) is 18.8 Å². The van der Waals surface area contributed by atoms with Crippen molar-refractivity contribution in [3.8, 4) is 0 Å². The maximum atomic E-state index is 11.6. The highest BCUT2D eigenvalue weighted by Gasteiger charge is 2.38. The minimum atomic E-state index is -0.810. The van der Waals surface area contributed by atoms with Crippen LogP contribution in [0, 0.1) is 6.92 Å². The number of carbonyl (C=O) groups is 1. The number of rotatable bonds is 2. The normalized spacial score (nSPS) is 17.5. The fourth-order valence-corrected chi connectivity index (χ4v) is 2.33. The molecule has 1 aliphatic rings. The van der Waals surface area contributed by atoms with Gasteiger partial charge in [0.2, 0.25) is 0 Å². The van der Waals surface area contributed by atoms with Crippen molar-refractivity contribution in [3.05, 3.63) is 29.8 Å². The molecule has 0 spiro atoms. The average Bonchev–Trinajstić information content (AvgIpc) is 2.40. The van der Waals surface area contributed by atoms with Crippen LogP contribution in [0.5, 0.6) is 0 Å². The summed E-state index contributed by atoms with van der Waals surface area (Å²) in [7, 11) is 1.39. The summed E-state index contributed by atoms with van der Waals surface area (Å²) in [4.78, 5) is 13.9. The van der Waals surface area contributed by atoms with Crippen molar-refractivity contribution >= 4 is 24.1 Å². The zero-order chi connectivity index (χ0) is 13.2. The fourth-order valence-electron chi connectivity index (χ4n) is 2.33. The molecule has 1 saturated heterocycles. The summed E-state index contributed by atoms with van der Waals surface area (Å²) in [5.41, 5.74) is 7.70. The van der Waals surface area contributed by atoms with Gasteiger partial charge in [-0.15, -0.1) is 12.4 Å². The molecule has 0 aromatic heterocycles. The van der Waals surface area contributed by atoms with Crippen LogP contribution in [-0.4, -0.2) is 31.7 Å². The van der Waals surface area contributed by atoms with Crippen molar-refractivity contribution in [2.75, 3.05) is 25.1 Å². The van der Waals surface area contributed by atoms with Crippen LogP contribution in [-0.2, 0) is 9.53 Å². The Bertz CT molecular complexity index is 426. The Morgan fingerprint density at radius 2 is 1.79 bits per heavy atom. The van der Waals surface area contributed by atoms with Gasteiger partial charge in [0.05, 0.1) is 7.11 Å². The zero-order valence-corrected chi connectivity index (χ0v) is 12.2. The van der Waals surface area contributed by atoms with Crippen LogP contribution < -0.4 is 10.6 Å². The second-order valence-corrected chi connectivity index (χ2v) is 4.97. The van der Waals surface area contributed by atoms with Gasteiger partial charge in [-0.25, -0.2) is 0 Å². The number of methoxy groups -OCH3 is 1. The highest BCUT2D eigenvalue weighted by Crippen LogP contribution is 2.25. The Balaban J connectivity index is 0.00000180. The number of nitrogens with zero attached hydrogens (tertiary/aromatic N) is 1. The number of aryl methyl sites for hydroxylation is 1. The highest BCUT2D eigenvalue weighted by atomic mass is 35.5. The maximum Gasteiger partial charge on any atom is 0.325 e. The number of esters is 1. The Labute approximate surface area is 120 Å². The van der Waals surface area contributed by atoms with Crippen molar-refractivity contribution in [2.24, 2.45) is 5.73 Å². The predicted molar refractivity (Wildman–Crippen MR) is 78.8 cm³/mol. The van der Waals surface area contributed by atoms with E-state index in [9.17, 15) is 4.79 Å². The quantitative estimate of drug-likeness (QED) is 0.843. The molecular formula is C14H21ClN2O2. The topological polar surface area (TPSA) is 55.6 Å². The maximum absolute atomic E-state index is 11.6. The van der Waals surface area contributed by atoms with Gasteiger partial charge in [0.15, 0.2) is 0 Å². The zero-order valence-electron chi connectivity index (χ0n) is 11.4. The van der Waals surface area contributed by atoms with Crippen molar-refractivity contribution < 1.29 is 9.53 Å². The molecule has 0 unspecified atom stereocenters. The van der Waals surface area contributed by atoms with Gasteiger partial charge in [0.25, 0.3) is 0 Å². The molecular weight excluding hydrogens is 264 g/mol. The van der Waals surface area contributed by atoms with Crippen LogP contribution in [0.3, 0.4) is 0 Å². The molecule has 0 amide bonds. The number of piperidine rings is 1. The number of hydrogen-bond donors (Lipinski definition) is 1. The first kappa shape index (κ1) is 15.8. The van der Waals surface area contributed by atoms with Crippen LogP contribution >= 0.6 is 12.4 Å². The molecule has 4 nitrogen and oxygen atoms in total. The van der Waals surface area contributed by atoms with Gasteiger partial charge >= 0.3 is 5.97 Å². The lowest BCUT2D eigenvalue weighted by molar-refractivity contribution is -0.147. The third kappa shape index (κ3) is 3.39. The van der Waals surface area contributed by atoms with E-state index in [1.54, 1.807) is 0 Å². The van der Waals surface area contributed by atoms with Gasteiger partial charge in [-0.1, -0.05) is 17.7 Å². The van der Waals surface area contributed by atoms with Gasteiger partial charge in [-0.2, -0.15) is 0 Å². The van der Waals surface area contributed by atoms with E-state index in [0.29, 0.717) is 12.8 Å². The summed E-state index contributed by atoms with van der Waals surface area (Å²) in [5, 5.41) is 0. The van der Waals surface area contributed by atoms with Crippen LogP contribution in [0.25, 0.3) is 0 Å².